The van der Waals surface area contributed by atoms with Gasteiger partial charge in [-0.2, -0.15) is 0 Å². The van der Waals surface area contributed by atoms with Crippen LogP contribution in [0.15, 0.2) is 30.5 Å². The number of benzene rings is 1. The zero-order chi connectivity index (χ0) is 14.0. The van der Waals surface area contributed by atoms with Crippen molar-refractivity contribution >= 4 is 17.3 Å². The molecule has 0 spiro atoms. The molecule has 0 saturated carbocycles. The average Bonchev–Trinajstić information content (AvgIpc) is 2.33. The second kappa shape index (κ2) is 5.01. The van der Waals surface area contributed by atoms with E-state index in [1.165, 1.54) is 12.3 Å². The van der Waals surface area contributed by atoms with Gasteiger partial charge < -0.3 is 11.1 Å². The van der Waals surface area contributed by atoms with Gasteiger partial charge in [-0.1, -0.05) is 0 Å². The molecule has 0 aliphatic rings. The van der Waals surface area contributed by atoms with Gasteiger partial charge in [-0.3, -0.25) is 9.78 Å². The highest BCUT2D eigenvalue weighted by Gasteiger charge is 2.13. The van der Waals surface area contributed by atoms with E-state index in [1.807, 2.05) is 0 Å². The SMILES string of the molecule is Cc1cc(C(=O)Nc2c(N)cc(F)cc2F)ccn1. The summed E-state index contributed by atoms with van der Waals surface area (Å²) >= 11 is 0. The minimum absolute atomic E-state index is 0.170. The van der Waals surface area contributed by atoms with Crippen LogP contribution in [0.5, 0.6) is 0 Å². The zero-order valence-electron chi connectivity index (χ0n) is 10.1. The molecule has 4 nitrogen and oxygen atoms in total. The second-order valence-electron chi connectivity index (χ2n) is 3.99. The molecule has 1 aromatic heterocycles. The summed E-state index contributed by atoms with van der Waals surface area (Å²) in [4.78, 5) is 15.8. The number of carbonyl (C=O) groups is 1. The monoisotopic (exact) mass is 263 g/mol. The number of rotatable bonds is 2. The summed E-state index contributed by atoms with van der Waals surface area (Å²) in [6.07, 6.45) is 1.47. The van der Waals surface area contributed by atoms with E-state index in [4.69, 9.17) is 5.73 Å². The predicted octanol–water partition coefficient (Wildman–Crippen LogP) is 2.50. The topological polar surface area (TPSA) is 68.0 Å². The van der Waals surface area contributed by atoms with Crippen molar-refractivity contribution in [1.82, 2.24) is 4.98 Å². The molecule has 0 aliphatic carbocycles. The van der Waals surface area contributed by atoms with E-state index in [-0.39, 0.29) is 11.4 Å². The van der Waals surface area contributed by atoms with Gasteiger partial charge in [0.25, 0.3) is 5.91 Å². The zero-order valence-corrected chi connectivity index (χ0v) is 10.1. The van der Waals surface area contributed by atoms with Gasteiger partial charge >= 0.3 is 0 Å². The quantitative estimate of drug-likeness (QED) is 0.818. The van der Waals surface area contributed by atoms with Crippen LogP contribution in [0.25, 0.3) is 0 Å². The predicted molar refractivity (Wildman–Crippen MR) is 67.7 cm³/mol. The van der Waals surface area contributed by atoms with E-state index in [0.717, 1.165) is 6.07 Å². The van der Waals surface area contributed by atoms with Crippen LogP contribution < -0.4 is 11.1 Å². The molecule has 0 fully saturated rings. The van der Waals surface area contributed by atoms with Crippen LogP contribution >= 0.6 is 0 Å². The van der Waals surface area contributed by atoms with Crippen LogP contribution in [0.4, 0.5) is 20.2 Å². The van der Waals surface area contributed by atoms with Crippen LogP contribution in [0, 0.1) is 18.6 Å². The summed E-state index contributed by atoms with van der Waals surface area (Å²) in [5.41, 5.74) is 6.03. The number of aryl methyl sites for hydroxylation is 1. The van der Waals surface area contributed by atoms with Crippen molar-refractivity contribution in [3.63, 3.8) is 0 Å². The Balaban J connectivity index is 2.29. The summed E-state index contributed by atoms with van der Waals surface area (Å²) in [5, 5.41) is 2.32. The number of amides is 1. The first kappa shape index (κ1) is 12.9. The molecule has 0 bridgehead atoms. The van der Waals surface area contributed by atoms with Crippen LogP contribution in [0.2, 0.25) is 0 Å². The fourth-order valence-electron chi connectivity index (χ4n) is 1.60. The molecule has 0 atom stereocenters. The fourth-order valence-corrected chi connectivity index (χ4v) is 1.60. The van der Waals surface area contributed by atoms with E-state index in [2.05, 4.69) is 10.3 Å². The fraction of sp³-hybridized carbons (Fsp3) is 0.0769. The third kappa shape index (κ3) is 2.85. The summed E-state index contributed by atoms with van der Waals surface area (Å²) in [6, 6.07) is 4.63. The molecule has 1 amide bonds. The Labute approximate surface area is 108 Å². The van der Waals surface area contributed by atoms with Crippen LogP contribution in [-0.2, 0) is 0 Å². The Morgan fingerprint density at radius 2 is 2.05 bits per heavy atom. The Kier molecular flexibility index (Phi) is 3.41. The first-order chi connectivity index (χ1) is 8.97. The lowest BCUT2D eigenvalue weighted by Crippen LogP contribution is -2.15. The summed E-state index contributed by atoms with van der Waals surface area (Å²) < 4.78 is 26.4. The number of nitrogens with one attached hydrogen (secondary N) is 1. The summed E-state index contributed by atoms with van der Waals surface area (Å²) in [7, 11) is 0. The highest BCUT2D eigenvalue weighted by molar-refractivity contribution is 6.05. The Hall–Kier alpha value is -2.50. The Morgan fingerprint density at radius 3 is 2.68 bits per heavy atom. The lowest BCUT2D eigenvalue weighted by Gasteiger charge is -2.09. The number of hydrogen-bond donors (Lipinski definition) is 2. The maximum absolute atomic E-state index is 13.5. The average molecular weight is 263 g/mol. The molecule has 19 heavy (non-hydrogen) atoms. The summed E-state index contributed by atoms with van der Waals surface area (Å²) in [5.74, 6) is -2.26. The van der Waals surface area contributed by atoms with Gasteiger partial charge in [0.2, 0.25) is 0 Å². The van der Waals surface area contributed by atoms with Gasteiger partial charge in [-0.05, 0) is 25.1 Å². The number of aromatic nitrogens is 1. The minimum atomic E-state index is -0.920. The third-order valence-electron chi connectivity index (χ3n) is 2.48. The number of hydrogen-bond acceptors (Lipinski definition) is 3. The molecule has 0 saturated heterocycles. The van der Waals surface area contributed by atoms with Crippen LogP contribution in [0.3, 0.4) is 0 Å². The number of carbonyl (C=O) groups excluding carboxylic acids is 1. The Bertz CT molecular complexity index is 621. The minimum Gasteiger partial charge on any atom is -0.397 e. The lowest BCUT2D eigenvalue weighted by atomic mass is 10.2. The van der Waals surface area contributed by atoms with Gasteiger partial charge in [0.05, 0.1) is 5.69 Å². The number of nitrogens with two attached hydrogens (primary N) is 1. The molecular formula is C13H11F2N3O. The first-order valence-electron chi connectivity index (χ1n) is 5.46. The molecule has 3 N–H and O–H groups in total. The van der Waals surface area contributed by atoms with E-state index < -0.39 is 17.5 Å². The lowest BCUT2D eigenvalue weighted by molar-refractivity contribution is 0.102. The van der Waals surface area contributed by atoms with Gasteiger partial charge in [0.15, 0.2) is 5.82 Å². The number of nitrogen functional groups attached to an aromatic ring is 1. The molecule has 1 aromatic carbocycles. The molecule has 1 heterocycles. The number of anilines is 2. The van der Waals surface area contributed by atoms with Crippen LogP contribution in [-0.4, -0.2) is 10.9 Å². The number of nitrogens with zero attached hydrogens (tertiary/aromatic N) is 1. The smallest absolute Gasteiger partial charge is 0.255 e. The highest BCUT2D eigenvalue weighted by atomic mass is 19.1. The largest absolute Gasteiger partial charge is 0.397 e. The van der Waals surface area contributed by atoms with Crippen molar-refractivity contribution in [3.05, 3.63) is 53.4 Å². The molecule has 2 rings (SSSR count). The van der Waals surface area contributed by atoms with Crippen molar-refractivity contribution in [2.24, 2.45) is 0 Å². The Morgan fingerprint density at radius 1 is 1.32 bits per heavy atom. The van der Waals surface area contributed by atoms with Gasteiger partial charge in [-0.25, -0.2) is 8.78 Å². The summed E-state index contributed by atoms with van der Waals surface area (Å²) in [6.45, 7) is 1.73. The molecule has 98 valence electrons. The molecule has 0 unspecified atom stereocenters. The standard InChI is InChI=1S/C13H11F2N3O/c1-7-4-8(2-3-17-7)13(19)18-12-10(15)5-9(14)6-11(12)16/h2-6H,16H2,1H3,(H,18,19). The van der Waals surface area contributed by atoms with E-state index in [0.29, 0.717) is 17.3 Å². The molecular weight excluding hydrogens is 252 g/mol. The van der Waals surface area contributed by atoms with Crippen molar-refractivity contribution < 1.29 is 13.6 Å². The molecule has 2 aromatic rings. The normalized spacial score (nSPS) is 10.3. The van der Waals surface area contributed by atoms with Crippen LogP contribution in [0.1, 0.15) is 16.1 Å². The molecule has 0 aliphatic heterocycles. The van der Waals surface area contributed by atoms with Gasteiger partial charge in [0, 0.05) is 23.5 Å². The number of pyridine rings is 1. The second-order valence-corrected chi connectivity index (χ2v) is 3.99. The van der Waals surface area contributed by atoms with Crippen molar-refractivity contribution in [1.29, 1.82) is 0 Å². The molecule has 0 radical (unpaired) electrons. The molecule has 6 heteroatoms. The number of halogens is 2. The first-order valence-corrected chi connectivity index (χ1v) is 5.46. The maximum atomic E-state index is 13.5. The van der Waals surface area contributed by atoms with E-state index >= 15 is 0 Å². The van der Waals surface area contributed by atoms with Crippen molar-refractivity contribution in [2.75, 3.05) is 11.1 Å². The van der Waals surface area contributed by atoms with Crippen molar-refractivity contribution in [2.45, 2.75) is 6.92 Å². The van der Waals surface area contributed by atoms with Gasteiger partial charge in [0.1, 0.15) is 11.5 Å². The third-order valence-corrected chi connectivity index (χ3v) is 2.48. The van der Waals surface area contributed by atoms with E-state index in [9.17, 15) is 13.6 Å². The van der Waals surface area contributed by atoms with E-state index in [1.54, 1.807) is 13.0 Å². The van der Waals surface area contributed by atoms with Crippen molar-refractivity contribution in [3.8, 4) is 0 Å². The highest BCUT2D eigenvalue weighted by Crippen LogP contribution is 2.24. The van der Waals surface area contributed by atoms with Gasteiger partial charge in [-0.15, -0.1) is 0 Å². The maximum Gasteiger partial charge on any atom is 0.255 e.